The van der Waals surface area contributed by atoms with Crippen molar-refractivity contribution in [3.05, 3.63) is 58.9 Å². The number of methoxy groups -OCH3 is 1. The minimum atomic E-state index is -1.62. The first-order valence-corrected chi connectivity index (χ1v) is 12.4. The zero-order valence-electron chi connectivity index (χ0n) is 18.7. The summed E-state index contributed by atoms with van der Waals surface area (Å²) < 4.78 is 39.5. The van der Waals surface area contributed by atoms with Gasteiger partial charge in [-0.25, -0.2) is 14.1 Å². The number of benzene rings is 2. The predicted octanol–water partition coefficient (Wildman–Crippen LogP) is 2.75. The number of piperazine rings is 1. The second-order valence-electron chi connectivity index (χ2n) is 8.46. The molecule has 3 atom stereocenters. The van der Waals surface area contributed by atoms with Gasteiger partial charge in [-0.2, -0.15) is 4.31 Å². The lowest BCUT2D eigenvalue weighted by Gasteiger charge is -2.46. The molecule has 2 fully saturated rings. The number of halogens is 2. The molecule has 2 aromatic carbocycles. The first-order valence-electron chi connectivity index (χ1n) is 10.9. The molecule has 2 bridgehead atoms. The van der Waals surface area contributed by atoms with Gasteiger partial charge in [0.2, 0.25) is 0 Å². The number of hydrogen-bond acceptors (Lipinski definition) is 6. The highest BCUT2D eigenvalue weighted by Gasteiger charge is 2.58. The maximum Gasteiger partial charge on any atom is 0.266 e. The van der Waals surface area contributed by atoms with Gasteiger partial charge in [-0.15, -0.1) is 0 Å². The van der Waals surface area contributed by atoms with Crippen molar-refractivity contribution in [3.63, 3.8) is 0 Å². The van der Waals surface area contributed by atoms with Crippen LogP contribution in [-0.4, -0.2) is 69.5 Å². The Balaban J connectivity index is 1.48. The van der Waals surface area contributed by atoms with Crippen molar-refractivity contribution in [2.75, 3.05) is 33.4 Å². The quantitative estimate of drug-likeness (QED) is 0.397. The van der Waals surface area contributed by atoms with Gasteiger partial charge in [0, 0.05) is 38.3 Å². The van der Waals surface area contributed by atoms with Crippen LogP contribution in [0.15, 0.2) is 47.4 Å². The van der Waals surface area contributed by atoms with Crippen molar-refractivity contribution < 1.29 is 28.1 Å². The van der Waals surface area contributed by atoms with Crippen molar-refractivity contribution in [3.8, 4) is 5.75 Å². The minimum Gasteiger partial charge on any atom is -0.489 e. The van der Waals surface area contributed by atoms with Crippen molar-refractivity contribution in [1.29, 1.82) is 0 Å². The molecule has 1 amide bonds. The summed E-state index contributed by atoms with van der Waals surface area (Å²) in [7, 11) is 0.00371. The lowest BCUT2D eigenvalue weighted by molar-refractivity contribution is -0.141. The van der Waals surface area contributed by atoms with Crippen LogP contribution in [-0.2, 0) is 27.1 Å². The van der Waals surface area contributed by atoms with Gasteiger partial charge in [-0.1, -0.05) is 17.7 Å². The van der Waals surface area contributed by atoms with Crippen molar-refractivity contribution in [1.82, 2.24) is 14.7 Å². The van der Waals surface area contributed by atoms with Crippen molar-refractivity contribution in [2.45, 2.75) is 35.9 Å². The van der Waals surface area contributed by atoms with Crippen LogP contribution < -0.4 is 10.2 Å². The number of amides is 1. The first-order chi connectivity index (χ1) is 16.4. The van der Waals surface area contributed by atoms with Gasteiger partial charge in [0.1, 0.15) is 34.7 Å². The number of fused-ring (bicyclic) bond motifs is 2. The third-order valence-electron chi connectivity index (χ3n) is 6.35. The average molecular weight is 512 g/mol. The van der Waals surface area contributed by atoms with Crippen molar-refractivity contribution >= 4 is 28.5 Å². The Morgan fingerprint density at radius 3 is 2.76 bits per heavy atom. The summed E-state index contributed by atoms with van der Waals surface area (Å²) in [4.78, 5) is 15.4. The molecule has 0 radical (unpaired) electrons. The third kappa shape index (κ3) is 4.98. The molecule has 2 aliphatic rings. The van der Waals surface area contributed by atoms with Gasteiger partial charge >= 0.3 is 0 Å². The summed E-state index contributed by atoms with van der Waals surface area (Å²) in [6.07, 6.45) is 1.20. The van der Waals surface area contributed by atoms with E-state index in [1.54, 1.807) is 47.2 Å². The Morgan fingerprint density at radius 2 is 2.09 bits per heavy atom. The zero-order valence-corrected chi connectivity index (χ0v) is 20.3. The molecule has 2 aromatic rings. The lowest BCUT2D eigenvalue weighted by atomic mass is 9.96. The van der Waals surface area contributed by atoms with E-state index < -0.39 is 28.2 Å². The highest BCUT2D eigenvalue weighted by molar-refractivity contribution is 7.82. The summed E-state index contributed by atoms with van der Waals surface area (Å²) in [5.74, 6) is -0.431. The van der Waals surface area contributed by atoms with Gasteiger partial charge in [0.25, 0.3) is 5.91 Å². The summed E-state index contributed by atoms with van der Waals surface area (Å²) in [5, 5.41) is 9.73. The number of rotatable bonds is 9. The van der Waals surface area contributed by atoms with Crippen LogP contribution in [0.1, 0.15) is 18.4 Å². The number of hydroxylamine groups is 1. The molecule has 8 nitrogen and oxygen atoms in total. The fourth-order valence-electron chi connectivity index (χ4n) is 4.67. The standard InChI is InChI=1S/C23H27ClFN3O5S/c1-32-11-10-27-13-18-8-9-23(15-27,22(29)26-30)28(18)34(31)20-6-4-19(5-7-20)33-14-16-2-3-17(25)12-21(16)24/h2-7,12,18,30H,8-11,13-15H2,1H3,(H,26,29). The van der Waals surface area contributed by atoms with Crippen LogP contribution in [0.2, 0.25) is 5.02 Å². The topological polar surface area (TPSA) is 91.3 Å². The van der Waals surface area contributed by atoms with E-state index in [9.17, 15) is 18.6 Å². The van der Waals surface area contributed by atoms with E-state index in [4.69, 9.17) is 21.1 Å². The monoisotopic (exact) mass is 511 g/mol. The molecule has 2 N–H and O–H groups in total. The summed E-state index contributed by atoms with van der Waals surface area (Å²) >= 11 is 6.04. The predicted molar refractivity (Wildman–Crippen MR) is 124 cm³/mol. The van der Waals surface area contributed by atoms with Crippen LogP contribution in [0, 0.1) is 5.82 Å². The molecule has 2 heterocycles. The van der Waals surface area contributed by atoms with Gasteiger partial charge in [0.15, 0.2) is 0 Å². The molecule has 11 heteroatoms. The second-order valence-corrected chi connectivity index (χ2v) is 10.2. The molecule has 0 saturated carbocycles. The van der Waals surface area contributed by atoms with Crippen LogP contribution in [0.3, 0.4) is 0 Å². The van der Waals surface area contributed by atoms with E-state index in [-0.39, 0.29) is 17.7 Å². The largest absolute Gasteiger partial charge is 0.489 e. The molecule has 0 aromatic heterocycles. The number of hydrogen-bond donors (Lipinski definition) is 2. The van der Waals surface area contributed by atoms with E-state index in [0.717, 1.165) is 0 Å². The van der Waals surface area contributed by atoms with E-state index in [0.29, 0.717) is 55.3 Å². The zero-order chi connectivity index (χ0) is 24.3. The van der Waals surface area contributed by atoms with Crippen LogP contribution in [0.25, 0.3) is 0 Å². The Morgan fingerprint density at radius 1 is 1.32 bits per heavy atom. The van der Waals surface area contributed by atoms with Gasteiger partial charge in [-0.3, -0.25) is 14.9 Å². The van der Waals surface area contributed by atoms with E-state index in [1.165, 1.54) is 12.1 Å². The molecular formula is C23H27ClFN3O5S. The maximum atomic E-state index is 13.6. The van der Waals surface area contributed by atoms with Gasteiger partial charge in [-0.05, 0) is 49.2 Å². The van der Waals surface area contributed by atoms with Crippen molar-refractivity contribution in [2.24, 2.45) is 0 Å². The molecule has 0 aliphatic carbocycles. The average Bonchev–Trinajstić information content (AvgIpc) is 3.08. The molecule has 0 spiro atoms. The van der Waals surface area contributed by atoms with Crippen LogP contribution >= 0.6 is 11.6 Å². The molecule has 2 saturated heterocycles. The van der Waals surface area contributed by atoms with Gasteiger partial charge in [0.05, 0.1) is 16.5 Å². The molecule has 3 unspecified atom stereocenters. The van der Waals surface area contributed by atoms with E-state index in [1.807, 2.05) is 0 Å². The summed E-state index contributed by atoms with van der Waals surface area (Å²) in [6, 6.07) is 10.8. The van der Waals surface area contributed by atoms with E-state index >= 15 is 0 Å². The summed E-state index contributed by atoms with van der Waals surface area (Å²) in [5.41, 5.74) is 1.34. The normalized spacial score (nSPS) is 23.6. The number of likely N-dealkylation sites (tertiary alicyclic amines) is 1. The Labute approximate surface area is 205 Å². The molecule has 184 valence electrons. The second kappa shape index (κ2) is 10.7. The number of ether oxygens (including phenoxy) is 2. The third-order valence-corrected chi connectivity index (χ3v) is 8.38. The number of carbonyl (C=O) groups excluding carboxylic acids is 1. The molecule has 4 rings (SSSR count). The maximum absolute atomic E-state index is 13.6. The van der Waals surface area contributed by atoms with Gasteiger partial charge < -0.3 is 9.47 Å². The highest BCUT2D eigenvalue weighted by atomic mass is 35.5. The number of nitrogens with one attached hydrogen (secondary N) is 1. The first kappa shape index (κ1) is 25.0. The molecule has 34 heavy (non-hydrogen) atoms. The highest BCUT2D eigenvalue weighted by Crippen LogP contribution is 2.42. The number of carbonyl (C=O) groups is 1. The number of nitrogens with zero attached hydrogens (tertiary/aromatic N) is 2. The Bertz CT molecular complexity index is 1060. The Hall–Kier alpha value is -2.08. The lowest BCUT2D eigenvalue weighted by Crippen LogP contribution is -2.67. The summed E-state index contributed by atoms with van der Waals surface area (Å²) in [6.45, 7) is 2.35. The SMILES string of the molecule is COCCN1CC2CCC(C(=O)NO)(C1)N2S(=O)c1ccc(OCc2ccc(F)cc2Cl)cc1. The fourth-order valence-corrected chi connectivity index (χ4v) is 6.48. The smallest absolute Gasteiger partial charge is 0.266 e. The van der Waals surface area contributed by atoms with Crippen LogP contribution in [0.4, 0.5) is 4.39 Å². The molecule has 2 aliphatic heterocycles. The van der Waals surface area contributed by atoms with Crippen LogP contribution in [0.5, 0.6) is 5.75 Å². The Kier molecular flexibility index (Phi) is 7.86. The molecular weight excluding hydrogens is 485 g/mol. The fraction of sp³-hybridized carbons (Fsp3) is 0.435. The minimum absolute atomic E-state index is 0.0970. The van der Waals surface area contributed by atoms with E-state index in [2.05, 4.69) is 4.90 Å².